The molecule has 0 spiro atoms. The fraction of sp³-hybridized carbons (Fsp3) is 0.333. The minimum atomic E-state index is -0.334. The van der Waals surface area contributed by atoms with E-state index in [1.54, 1.807) is 16.7 Å². The second-order valence-electron chi connectivity index (χ2n) is 11.7. The molecular weight excluding hydrogens is 576 g/mol. The molecule has 7 nitrogen and oxygen atoms in total. The number of carbonyl (C=O) groups is 2. The van der Waals surface area contributed by atoms with Gasteiger partial charge in [-0.1, -0.05) is 68.0 Å². The molecule has 1 aromatic heterocycles. The van der Waals surface area contributed by atoms with Crippen molar-refractivity contribution >= 4 is 22.8 Å². The van der Waals surface area contributed by atoms with Gasteiger partial charge >= 0.3 is 5.97 Å². The van der Waals surface area contributed by atoms with E-state index in [1.807, 2.05) is 87.5 Å². The second-order valence-corrected chi connectivity index (χ2v) is 11.7. The summed E-state index contributed by atoms with van der Waals surface area (Å²) in [5, 5.41) is 0.865. The van der Waals surface area contributed by atoms with Crippen molar-refractivity contribution in [3.05, 3.63) is 124 Å². The van der Waals surface area contributed by atoms with Gasteiger partial charge in [0, 0.05) is 23.7 Å². The highest BCUT2D eigenvalue weighted by atomic mass is 16.5. The van der Waals surface area contributed by atoms with Gasteiger partial charge in [0.05, 0.1) is 24.2 Å². The summed E-state index contributed by atoms with van der Waals surface area (Å²) < 4.78 is 19.7. The minimum absolute atomic E-state index is 0.0818. The molecule has 1 atom stereocenters. The molecule has 0 bridgehead atoms. The molecular formula is C39H44N2O5. The first-order valence-corrected chi connectivity index (χ1v) is 16.2. The van der Waals surface area contributed by atoms with E-state index in [1.165, 1.54) is 11.3 Å². The van der Waals surface area contributed by atoms with Crippen LogP contribution in [0.3, 0.4) is 0 Å². The number of likely N-dealkylation sites (N-methyl/N-ethyl adjacent to an activating group) is 1. The van der Waals surface area contributed by atoms with E-state index in [9.17, 15) is 9.59 Å². The maximum Gasteiger partial charge on any atom is 0.310 e. The summed E-state index contributed by atoms with van der Waals surface area (Å²) in [5.41, 5.74) is 6.34. The first-order chi connectivity index (χ1) is 22.4. The number of carbonyl (C=O) groups excluding carboxylic acids is 2. The Kier molecular flexibility index (Phi) is 10.6. The highest BCUT2D eigenvalue weighted by Gasteiger charge is 2.27. The SMILES string of the molecule is CC.CC1=CC2=C(CCC1)N(C)CC(COc1ccc(C(=O)n3c(C)c(CC(=O)OCc4ccccc4)c4ccccc43)cc1)O2. The molecule has 7 heteroatoms. The molecule has 6 rings (SSSR count). The monoisotopic (exact) mass is 620 g/mol. The molecule has 2 aliphatic rings. The van der Waals surface area contributed by atoms with Crippen LogP contribution in [0.15, 0.2) is 102 Å². The molecule has 4 aromatic rings. The fourth-order valence-corrected chi connectivity index (χ4v) is 6.10. The summed E-state index contributed by atoms with van der Waals surface area (Å²) in [5.74, 6) is 1.14. The van der Waals surface area contributed by atoms with Crippen LogP contribution in [0.25, 0.3) is 10.9 Å². The number of rotatable bonds is 8. The van der Waals surface area contributed by atoms with E-state index in [0.29, 0.717) is 17.9 Å². The molecule has 1 unspecified atom stereocenters. The average molecular weight is 621 g/mol. The van der Waals surface area contributed by atoms with Crippen LogP contribution in [0.5, 0.6) is 5.75 Å². The van der Waals surface area contributed by atoms with Crippen molar-refractivity contribution in [2.75, 3.05) is 20.2 Å². The molecule has 1 aliphatic heterocycles. The lowest BCUT2D eigenvalue weighted by molar-refractivity contribution is -0.144. The lowest BCUT2D eigenvalue weighted by Crippen LogP contribution is -2.39. The number of hydrogen-bond donors (Lipinski definition) is 0. The van der Waals surface area contributed by atoms with Gasteiger partial charge in [0.25, 0.3) is 5.91 Å². The normalized spacial score (nSPS) is 16.0. The van der Waals surface area contributed by atoms with E-state index >= 15 is 0 Å². The summed E-state index contributed by atoms with van der Waals surface area (Å²) >= 11 is 0. The summed E-state index contributed by atoms with van der Waals surface area (Å²) in [7, 11) is 2.12. The first-order valence-electron chi connectivity index (χ1n) is 16.2. The Labute approximate surface area is 272 Å². The van der Waals surface area contributed by atoms with Crippen LogP contribution in [0, 0.1) is 6.92 Å². The Morgan fingerprint density at radius 2 is 1.63 bits per heavy atom. The standard InChI is InChI=1S/C37H38N2O5.C2H6/c1-25-10-9-15-34-35(20-25)44-30(22-38(34)3)24-42-29-18-16-28(17-19-29)37(41)39-26(2)32(31-13-7-8-14-33(31)39)21-36(40)43-23-27-11-5-4-6-12-27;1-2/h4-8,11-14,16-20,30H,9-10,15,21-24H2,1-3H3;1-2H3. The van der Waals surface area contributed by atoms with Crippen LogP contribution in [0.1, 0.15) is 67.2 Å². The van der Waals surface area contributed by atoms with Gasteiger partial charge in [0.2, 0.25) is 0 Å². The molecule has 0 N–H and O–H groups in total. The van der Waals surface area contributed by atoms with Crippen LogP contribution in [0.2, 0.25) is 0 Å². The van der Waals surface area contributed by atoms with E-state index in [0.717, 1.165) is 59.3 Å². The number of ether oxygens (including phenoxy) is 3. The summed E-state index contributed by atoms with van der Waals surface area (Å²) in [6.07, 6.45) is 5.42. The maximum absolute atomic E-state index is 13.8. The summed E-state index contributed by atoms with van der Waals surface area (Å²) in [6.45, 7) is 9.42. The molecule has 0 amide bonds. The lowest BCUT2D eigenvalue weighted by atomic mass is 10.1. The van der Waals surface area contributed by atoms with Gasteiger partial charge in [-0.2, -0.15) is 0 Å². The third-order valence-electron chi connectivity index (χ3n) is 8.42. The van der Waals surface area contributed by atoms with Crippen LogP contribution < -0.4 is 4.74 Å². The van der Waals surface area contributed by atoms with Crippen molar-refractivity contribution in [1.29, 1.82) is 0 Å². The Balaban J connectivity index is 0.00000204. The van der Waals surface area contributed by atoms with Crippen molar-refractivity contribution in [3.63, 3.8) is 0 Å². The number of benzene rings is 3. The highest BCUT2D eigenvalue weighted by molar-refractivity contribution is 6.04. The van der Waals surface area contributed by atoms with Gasteiger partial charge in [0.1, 0.15) is 30.8 Å². The molecule has 240 valence electrons. The summed E-state index contributed by atoms with van der Waals surface area (Å²) in [6, 6.07) is 24.5. The number of allylic oxidation sites excluding steroid dienone is 3. The smallest absolute Gasteiger partial charge is 0.310 e. The molecule has 1 aliphatic carbocycles. The van der Waals surface area contributed by atoms with E-state index < -0.39 is 0 Å². The topological polar surface area (TPSA) is 70.0 Å². The quantitative estimate of drug-likeness (QED) is 0.186. The third-order valence-corrected chi connectivity index (χ3v) is 8.42. The van der Waals surface area contributed by atoms with Gasteiger partial charge in [-0.05, 0) is 80.6 Å². The Morgan fingerprint density at radius 1 is 0.913 bits per heavy atom. The number of esters is 1. The minimum Gasteiger partial charge on any atom is -0.490 e. The highest BCUT2D eigenvalue weighted by Crippen LogP contribution is 2.31. The molecule has 2 heterocycles. The Morgan fingerprint density at radius 3 is 2.39 bits per heavy atom. The molecule has 0 fully saturated rings. The van der Waals surface area contributed by atoms with Crippen LogP contribution in [-0.2, 0) is 27.3 Å². The van der Waals surface area contributed by atoms with Crippen LogP contribution in [0.4, 0.5) is 0 Å². The van der Waals surface area contributed by atoms with Gasteiger partial charge in [-0.25, -0.2) is 0 Å². The Bertz CT molecular complexity index is 1730. The number of aromatic nitrogens is 1. The predicted octanol–water partition coefficient (Wildman–Crippen LogP) is 8.00. The number of fused-ring (bicyclic) bond motifs is 1. The van der Waals surface area contributed by atoms with Crippen LogP contribution >= 0.6 is 0 Å². The molecule has 0 radical (unpaired) electrons. The zero-order valence-corrected chi connectivity index (χ0v) is 27.5. The number of hydrogen-bond acceptors (Lipinski definition) is 6. The number of nitrogens with zero attached hydrogens (tertiary/aromatic N) is 2. The fourth-order valence-electron chi connectivity index (χ4n) is 6.10. The zero-order chi connectivity index (χ0) is 32.6. The van der Waals surface area contributed by atoms with Crippen molar-refractivity contribution in [2.24, 2.45) is 0 Å². The third kappa shape index (κ3) is 7.36. The average Bonchev–Trinajstić information content (AvgIpc) is 3.20. The zero-order valence-electron chi connectivity index (χ0n) is 27.5. The van der Waals surface area contributed by atoms with Crippen LogP contribution in [-0.4, -0.2) is 47.6 Å². The molecule has 0 saturated carbocycles. The van der Waals surface area contributed by atoms with Crippen molar-refractivity contribution in [2.45, 2.75) is 66.1 Å². The van der Waals surface area contributed by atoms with Gasteiger partial charge in [-0.15, -0.1) is 0 Å². The largest absolute Gasteiger partial charge is 0.490 e. The van der Waals surface area contributed by atoms with E-state index in [4.69, 9.17) is 14.2 Å². The molecule has 3 aromatic carbocycles. The van der Waals surface area contributed by atoms with Gasteiger partial charge < -0.3 is 19.1 Å². The molecule has 46 heavy (non-hydrogen) atoms. The van der Waals surface area contributed by atoms with Crippen molar-refractivity contribution in [1.82, 2.24) is 9.47 Å². The Hall–Kier alpha value is -4.78. The van der Waals surface area contributed by atoms with E-state index in [-0.39, 0.29) is 31.0 Å². The number of para-hydroxylation sites is 1. The lowest BCUT2D eigenvalue weighted by Gasteiger charge is -2.34. The summed E-state index contributed by atoms with van der Waals surface area (Å²) in [4.78, 5) is 28.9. The maximum atomic E-state index is 13.8. The second kappa shape index (κ2) is 15.0. The van der Waals surface area contributed by atoms with Crippen molar-refractivity contribution < 1.29 is 23.8 Å². The van der Waals surface area contributed by atoms with Gasteiger partial charge in [0.15, 0.2) is 0 Å². The molecule has 0 saturated heterocycles. The van der Waals surface area contributed by atoms with E-state index in [2.05, 4.69) is 24.9 Å². The van der Waals surface area contributed by atoms with Crippen molar-refractivity contribution in [3.8, 4) is 5.75 Å². The van der Waals surface area contributed by atoms with Gasteiger partial charge in [-0.3, -0.25) is 14.2 Å². The predicted molar refractivity (Wildman–Crippen MR) is 182 cm³/mol. The first kappa shape index (κ1) is 32.6.